The standard InChI is InChI=1S/C35H46FNO5/c1-19-23-12-10-14-41-31(23)27(36)15-25(19)29-21(3)26-18-37(22-11-9-13-35(7,8)17-22)28(38)16-24(26)20(2)30(29)32(33(39)40)42-34(4,5)6/h15,22,32H,9-14,16-18H2,1-8H3,(H,39,40)/t22?,32-/m0/s1. The zero-order valence-electron chi connectivity index (χ0n) is 26.5. The van der Waals surface area contributed by atoms with Crippen LogP contribution < -0.4 is 4.74 Å². The van der Waals surface area contributed by atoms with Crippen molar-refractivity contribution < 1.29 is 28.6 Å². The fourth-order valence-electron chi connectivity index (χ4n) is 7.56. The molecule has 2 heterocycles. The first-order valence-electron chi connectivity index (χ1n) is 15.4. The molecule has 0 aromatic heterocycles. The van der Waals surface area contributed by atoms with Crippen LogP contribution in [-0.2, 0) is 33.7 Å². The summed E-state index contributed by atoms with van der Waals surface area (Å²) in [5, 5.41) is 10.5. The van der Waals surface area contributed by atoms with Crippen molar-refractivity contribution in [2.24, 2.45) is 5.41 Å². The number of fused-ring (bicyclic) bond motifs is 2. The maximum absolute atomic E-state index is 15.6. The van der Waals surface area contributed by atoms with Gasteiger partial charge in [-0.1, -0.05) is 20.3 Å². The van der Waals surface area contributed by atoms with E-state index in [0.29, 0.717) is 42.0 Å². The highest BCUT2D eigenvalue weighted by molar-refractivity contribution is 5.89. The highest BCUT2D eigenvalue weighted by atomic mass is 19.1. The molecule has 1 fully saturated rings. The topological polar surface area (TPSA) is 76.1 Å². The molecule has 1 unspecified atom stereocenters. The van der Waals surface area contributed by atoms with Crippen molar-refractivity contribution in [3.8, 4) is 16.9 Å². The Labute approximate surface area is 249 Å². The number of aliphatic carboxylic acids is 1. The summed E-state index contributed by atoms with van der Waals surface area (Å²) in [5.74, 6) is -1.16. The summed E-state index contributed by atoms with van der Waals surface area (Å²) in [6, 6.07) is 1.68. The maximum atomic E-state index is 15.6. The van der Waals surface area contributed by atoms with Gasteiger partial charge in [0.2, 0.25) is 5.91 Å². The van der Waals surface area contributed by atoms with E-state index in [0.717, 1.165) is 65.5 Å². The molecule has 0 bridgehead atoms. The normalized spacial score (nSPS) is 20.9. The number of carboxylic acid groups (broad SMARTS) is 1. The van der Waals surface area contributed by atoms with Crippen molar-refractivity contribution in [1.29, 1.82) is 0 Å². The van der Waals surface area contributed by atoms with Gasteiger partial charge in [0.1, 0.15) is 0 Å². The van der Waals surface area contributed by atoms with Crippen LogP contribution in [0.3, 0.4) is 0 Å². The van der Waals surface area contributed by atoms with Crippen LogP contribution in [0, 0.1) is 32.0 Å². The predicted octanol–water partition coefficient (Wildman–Crippen LogP) is 7.54. The second-order valence-electron chi connectivity index (χ2n) is 14.3. The van der Waals surface area contributed by atoms with E-state index in [9.17, 15) is 14.7 Å². The molecule has 0 spiro atoms. The molecule has 3 aliphatic rings. The Morgan fingerprint density at radius 1 is 1.12 bits per heavy atom. The van der Waals surface area contributed by atoms with Crippen molar-refractivity contribution in [3.63, 3.8) is 0 Å². The number of rotatable bonds is 5. The molecule has 1 aliphatic carbocycles. The Morgan fingerprint density at radius 3 is 2.48 bits per heavy atom. The number of nitrogens with zero attached hydrogens (tertiary/aromatic N) is 1. The number of hydrogen-bond acceptors (Lipinski definition) is 4. The summed E-state index contributed by atoms with van der Waals surface area (Å²) in [5.41, 5.74) is 6.60. The van der Waals surface area contributed by atoms with Crippen molar-refractivity contribution in [1.82, 2.24) is 4.90 Å². The van der Waals surface area contributed by atoms with E-state index in [4.69, 9.17) is 9.47 Å². The molecule has 42 heavy (non-hydrogen) atoms. The minimum atomic E-state index is -1.29. The van der Waals surface area contributed by atoms with E-state index < -0.39 is 23.5 Å². The molecule has 6 nitrogen and oxygen atoms in total. The Kier molecular flexibility index (Phi) is 7.97. The van der Waals surface area contributed by atoms with E-state index in [1.54, 1.807) is 0 Å². The fraction of sp³-hybridized carbons (Fsp3) is 0.600. The predicted molar refractivity (Wildman–Crippen MR) is 161 cm³/mol. The van der Waals surface area contributed by atoms with Crippen molar-refractivity contribution >= 4 is 11.9 Å². The Morgan fingerprint density at radius 2 is 1.83 bits per heavy atom. The molecule has 0 radical (unpaired) electrons. The van der Waals surface area contributed by atoms with Gasteiger partial charge in [-0.3, -0.25) is 4.79 Å². The highest BCUT2D eigenvalue weighted by Crippen LogP contribution is 2.47. The van der Waals surface area contributed by atoms with Gasteiger partial charge < -0.3 is 19.5 Å². The molecule has 0 saturated heterocycles. The third kappa shape index (κ3) is 5.57. The average molecular weight is 580 g/mol. The number of hydrogen-bond donors (Lipinski definition) is 1. The van der Waals surface area contributed by atoms with Gasteiger partial charge in [0.15, 0.2) is 17.7 Å². The van der Waals surface area contributed by atoms with E-state index in [-0.39, 0.29) is 23.8 Å². The number of halogens is 1. The van der Waals surface area contributed by atoms with Gasteiger partial charge in [-0.15, -0.1) is 0 Å². The molecule has 2 aromatic carbocycles. The maximum Gasteiger partial charge on any atom is 0.337 e. The second-order valence-corrected chi connectivity index (χ2v) is 14.3. The average Bonchev–Trinajstić information content (AvgIpc) is 2.90. The minimum Gasteiger partial charge on any atom is -0.490 e. The number of benzene rings is 2. The van der Waals surface area contributed by atoms with Crippen molar-refractivity contribution in [2.45, 2.75) is 125 Å². The molecule has 5 rings (SSSR count). The number of ether oxygens (including phenoxy) is 2. The lowest BCUT2D eigenvalue weighted by Gasteiger charge is -2.44. The number of carbonyl (C=O) groups excluding carboxylic acids is 1. The lowest BCUT2D eigenvalue weighted by Crippen LogP contribution is -2.47. The smallest absolute Gasteiger partial charge is 0.337 e. The molecule has 2 aromatic rings. The summed E-state index contributed by atoms with van der Waals surface area (Å²) in [6.45, 7) is 16.9. The third-order valence-corrected chi connectivity index (χ3v) is 9.58. The van der Waals surface area contributed by atoms with Gasteiger partial charge in [-0.05, 0) is 124 Å². The van der Waals surface area contributed by atoms with Crippen LogP contribution in [0.25, 0.3) is 11.1 Å². The van der Waals surface area contributed by atoms with Gasteiger partial charge in [0, 0.05) is 23.7 Å². The zero-order valence-corrected chi connectivity index (χ0v) is 26.5. The summed E-state index contributed by atoms with van der Waals surface area (Å²) < 4.78 is 27.6. The van der Waals surface area contributed by atoms with Gasteiger partial charge >= 0.3 is 5.97 Å². The minimum absolute atomic E-state index is 0.0863. The Balaban J connectivity index is 1.75. The summed E-state index contributed by atoms with van der Waals surface area (Å²) in [6.07, 6.45) is 4.64. The first-order valence-corrected chi connectivity index (χ1v) is 15.4. The molecule has 228 valence electrons. The van der Waals surface area contributed by atoms with E-state index >= 15 is 4.39 Å². The van der Waals surface area contributed by atoms with Crippen LogP contribution in [0.1, 0.15) is 112 Å². The first kappa shape index (κ1) is 30.5. The second kappa shape index (κ2) is 11.0. The van der Waals surface area contributed by atoms with Gasteiger partial charge in [-0.2, -0.15) is 0 Å². The Hall–Kier alpha value is -2.93. The summed E-state index contributed by atoms with van der Waals surface area (Å²) >= 11 is 0. The van der Waals surface area contributed by atoms with Crippen LogP contribution in [-0.4, -0.2) is 40.1 Å². The highest BCUT2D eigenvalue weighted by Gasteiger charge is 2.40. The van der Waals surface area contributed by atoms with Crippen LogP contribution >= 0.6 is 0 Å². The largest absolute Gasteiger partial charge is 0.490 e. The van der Waals surface area contributed by atoms with Crippen LogP contribution in [0.2, 0.25) is 0 Å². The molecule has 7 heteroatoms. The molecule has 2 atom stereocenters. The summed E-state index contributed by atoms with van der Waals surface area (Å²) in [7, 11) is 0. The molecular formula is C35H46FNO5. The fourth-order valence-corrected chi connectivity index (χ4v) is 7.56. The lowest BCUT2D eigenvalue weighted by atomic mass is 9.73. The molecule has 1 amide bonds. The van der Waals surface area contributed by atoms with Crippen LogP contribution in [0.4, 0.5) is 4.39 Å². The van der Waals surface area contributed by atoms with Crippen molar-refractivity contribution in [3.05, 3.63) is 50.8 Å². The van der Waals surface area contributed by atoms with Crippen LogP contribution in [0.15, 0.2) is 6.07 Å². The third-order valence-electron chi connectivity index (χ3n) is 9.58. The number of carbonyl (C=O) groups is 2. The van der Waals surface area contributed by atoms with E-state index in [2.05, 4.69) is 13.8 Å². The SMILES string of the molecule is Cc1c(-c2c(C)c3c(c(C)c2[C@H](OC(C)(C)C)C(=O)O)CC(=O)N(C2CCCC(C)(C)C2)C3)cc(F)c2c1CCCO2. The molecule has 2 aliphatic heterocycles. The first-order chi connectivity index (χ1) is 19.6. The molecular weight excluding hydrogens is 533 g/mol. The Bertz CT molecular complexity index is 1440. The van der Waals surface area contributed by atoms with Crippen LogP contribution in [0.5, 0.6) is 5.75 Å². The van der Waals surface area contributed by atoms with Gasteiger partial charge in [-0.25, -0.2) is 9.18 Å². The van der Waals surface area contributed by atoms with E-state index in [1.165, 1.54) is 6.07 Å². The quantitative estimate of drug-likeness (QED) is 0.396. The monoisotopic (exact) mass is 579 g/mol. The lowest BCUT2D eigenvalue weighted by molar-refractivity contribution is -0.160. The molecule has 1 N–H and O–H groups in total. The van der Waals surface area contributed by atoms with E-state index in [1.807, 2.05) is 46.4 Å². The summed E-state index contributed by atoms with van der Waals surface area (Å²) in [4.78, 5) is 28.6. The zero-order chi connectivity index (χ0) is 30.7. The number of amides is 1. The van der Waals surface area contributed by atoms with Crippen molar-refractivity contribution in [2.75, 3.05) is 6.61 Å². The van der Waals surface area contributed by atoms with Gasteiger partial charge in [0.05, 0.1) is 18.6 Å². The molecule has 1 saturated carbocycles. The van der Waals surface area contributed by atoms with Gasteiger partial charge in [0.25, 0.3) is 0 Å². The number of carboxylic acids is 1.